The molecule has 6 heteroatoms. The molecule has 0 unspecified atom stereocenters. The molecule has 2 heterocycles. The minimum absolute atomic E-state index is 0.0201. The molecule has 0 saturated carbocycles. The van der Waals surface area contributed by atoms with Gasteiger partial charge in [0.25, 0.3) is 0 Å². The van der Waals surface area contributed by atoms with Crippen LogP contribution in [-0.2, 0) is 11.2 Å². The topological polar surface area (TPSA) is 55.4 Å². The lowest BCUT2D eigenvalue weighted by molar-refractivity contribution is -0.122. The van der Waals surface area contributed by atoms with E-state index in [1.54, 1.807) is 6.07 Å². The van der Waals surface area contributed by atoms with E-state index in [-0.39, 0.29) is 29.5 Å². The first-order valence-electron chi connectivity index (χ1n) is 9.85. The highest BCUT2D eigenvalue weighted by molar-refractivity contribution is 7.17. The molecule has 0 fully saturated rings. The van der Waals surface area contributed by atoms with Crippen LogP contribution in [0.3, 0.4) is 0 Å². The molecule has 2 atom stereocenters. The summed E-state index contributed by atoms with van der Waals surface area (Å²) in [4.78, 5) is 25.6. The largest absolute Gasteiger partial charge is 0.487 e. The van der Waals surface area contributed by atoms with Crippen LogP contribution in [0.1, 0.15) is 40.6 Å². The zero-order valence-electron chi connectivity index (χ0n) is 16.8. The Morgan fingerprint density at radius 1 is 1.20 bits per heavy atom. The van der Waals surface area contributed by atoms with Crippen LogP contribution in [0.2, 0.25) is 0 Å². The van der Waals surface area contributed by atoms with Crippen LogP contribution in [0.15, 0.2) is 54.6 Å². The smallest absolute Gasteiger partial charge is 0.227 e. The Labute approximate surface area is 178 Å². The minimum atomic E-state index is -0.340. The summed E-state index contributed by atoms with van der Waals surface area (Å²) < 4.78 is 20.3. The normalized spacial score (nSPS) is 15.9. The van der Waals surface area contributed by atoms with E-state index in [2.05, 4.69) is 5.32 Å². The Kier molecular flexibility index (Phi) is 5.68. The SMILES string of the molecule is CC(=O)c1ccc(-c2cc(F)cc3c2O[C@@H](CNC(=O)[C@@H](C)c2ccccc2)C3)s1. The summed E-state index contributed by atoms with van der Waals surface area (Å²) in [6.45, 7) is 3.72. The fourth-order valence-corrected chi connectivity index (χ4v) is 4.54. The molecule has 0 radical (unpaired) electrons. The molecule has 1 aliphatic rings. The maximum absolute atomic E-state index is 14.2. The highest BCUT2D eigenvalue weighted by atomic mass is 32.1. The molecule has 2 aromatic carbocycles. The van der Waals surface area contributed by atoms with Crippen LogP contribution in [0.5, 0.6) is 5.75 Å². The molecule has 30 heavy (non-hydrogen) atoms. The highest BCUT2D eigenvalue weighted by Crippen LogP contribution is 2.42. The van der Waals surface area contributed by atoms with Gasteiger partial charge in [0.15, 0.2) is 5.78 Å². The first kappa shape index (κ1) is 20.3. The highest BCUT2D eigenvalue weighted by Gasteiger charge is 2.28. The van der Waals surface area contributed by atoms with E-state index >= 15 is 0 Å². The Bertz CT molecular complexity index is 1090. The number of hydrogen-bond acceptors (Lipinski definition) is 4. The molecule has 4 rings (SSSR count). The summed E-state index contributed by atoms with van der Waals surface area (Å²) in [6.07, 6.45) is 0.255. The van der Waals surface area contributed by atoms with Gasteiger partial charge in [0.1, 0.15) is 17.7 Å². The predicted molar refractivity (Wildman–Crippen MR) is 116 cm³/mol. The summed E-state index contributed by atoms with van der Waals surface area (Å²) in [5.41, 5.74) is 2.38. The van der Waals surface area contributed by atoms with Crippen LogP contribution in [0, 0.1) is 5.82 Å². The quantitative estimate of drug-likeness (QED) is 0.569. The number of nitrogens with one attached hydrogen (secondary N) is 1. The zero-order chi connectivity index (χ0) is 21.3. The van der Waals surface area contributed by atoms with Gasteiger partial charge >= 0.3 is 0 Å². The Balaban J connectivity index is 1.46. The van der Waals surface area contributed by atoms with E-state index in [1.807, 2.05) is 43.3 Å². The number of carbonyl (C=O) groups excluding carboxylic acids is 2. The predicted octanol–water partition coefficient (Wildman–Crippen LogP) is 4.98. The van der Waals surface area contributed by atoms with Crippen molar-refractivity contribution in [3.8, 4) is 16.2 Å². The molecule has 3 aromatic rings. The molecule has 1 amide bonds. The Hall–Kier alpha value is -2.99. The van der Waals surface area contributed by atoms with E-state index in [0.29, 0.717) is 29.2 Å². The molecule has 154 valence electrons. The van der Waals surface area contributed by atoms with E-state index in [9.17, 15) is 14.0 Å². The van der Waals surface area contributed by atoms with Crippen molar-refractivity contribution in [2.45, 2.75) is 32.3 Å². The fraction of sp³-hybridized carbons (Fsp3) is 0.250. The maximum Gasteiger partial charge on any atom is 0.227 e. The molecule has 0 bridgehead atoms. The lowest BCUT2D eigenvalue weighted by Gasteiger charge is -2.16. The molecule has 1 aliphatic heterocycles. The number of carbonyl (C=O) groups is 2. The summed E-state index contributed by atoms with van der Waals surface area (Å²) in [7, 11) is 0. The fourth-order valence-electron chi connectivity index (χ4n) is 3.62. The number of fused-ring (bicyclic) bond motifs is 1. The molecule has 0 aliphatic carbocycles. The third kappa shape index (κ3) is 4.14. The first-order valence-corrected chi connectivity index (χ1v) is 10.7. The van der Waals surface area contributed by atoms with Gasteiger partial charge in [-0.1, -0.05) is 30.3 Å². The zero-order valence-corrected chi connectivity index (χ0v) is 17.6. The van der Waals surface area contributed by atoms with Crippen molar-refractivity contribution in [2.24, 2.45) is 0 Å². The van der Waals surface area contributed by atoms with Crippen molar-refractivity contribution in [2.75, 3.05) is 6.54 Å². The van der Waals surface area contributed by atoms with Crippen LogP contribution >= 0.6 is 11.3 Å². The third-order valence-corrected chi connectivity index (χ3v) is 6.50. The molecular formula is C24H22FNO3S. The average molecular weight is 424 g/mol. The standard InChI is InChI=1S/C24H22FNO3S/c1-14(16-6-4-3-5-7-16)24(28)26-13-19-11-17-10-18(25)12-20(23(17)29-19)22-9-8-21(30-22)15(2)27/h3-10,12,14,19H,11,13H2,1-2H3,(H,26,28)/t14-,19+/m0/s1. The van der Waals surface area contributed by atoms with Gasteiger partial charge in [0.2, 0.25) is 5.91 Å². The van der Waals surface area contributed by atoms with Gasteiger partial charge in [0, 0.05) is 22.4 Å². The number of thiophene rings is 1. The molecule has 1 aromatic heterocycles. The van der Waals surface area contributed by atoms with Crippen molar-refractivity contribution in [3.05, 3.63) is 76.4 Å². The van der Waals surface area contributed by atoms with Crippen LogP contribution in [-0.4, -0.2) is 24.3 Å². The monoisotopic (exact) mass is 423 g/mol. The number of Topliss-reactive ketones (excluding diaryl/α,β-unsaturated/α-hetero) is 1. The first-order chi connectivity index (χ1) is 14.4. The van der Waals surface area contributed by atoms with Crippen LogP contribution in [0.4, 0.5) is 4.39 Å². The second-order valence-electron chi connectivity index (χ2n) is 7.48. The van der Waals surface area contributed by atoms with Crippen molar-refractivity contribution in [3.63, 3.8) is 0 Å². The van der Waals surface area contributed by atoms with Gasteiger partial charge in [-0.15, -0.1) is 11.3 Å². The summed E-state index contributed by atoms with van der Waals surface area (Å²) in [6, 6.07) is 16.1. The van der Waals surface area contributed by atoms with Crippen LogP contribution in [0.25, 0.3) is 10.4 Å². The van der Waals surface area contributed by atoms with Gasteiger partial charge in [-0.3, -0.25) is 9.59 Å². The van der Waals surface area contributed by atoms with Crippen molar-refractivity contribution in [1.82, 2.24) is 5.32 Å². The Morgan fingerprint density at radius 2 is 1.97 bits per heavy atom. The van der Waals surface area contributed by atoms with Crippen molar-refractivity contribution >= 4 is 23.0 Å². The number of ether oxygens (including phenoxy) is 1. The number of halogens is 1. The van der Waals surface area contributed by atoms with E-state index in [0.717, 1.165) is 16.0 Å². The van der Waals surface area contributed by atoms with Gasteiger partial charge in [-0.05, 0) is 43.7 Å². The van der Waals surface area contributed by atoms with Gasteiger partial charge in [0.05, 0.1) is 17.3 Å². The number of hydrogen-bond donors (Lipinski definition) is 1. The summed E-state index contributed by atoms with van der Waals surface area (Å²) in [5, 5.41) is 2.95. The van der Waals surface area contributed by atoms with Crippen molar-refractivity contribution in [1.29, 1.82) is 0 Å². The second kappa shape index (κ2) is 8.40. The molecule has 4 nitrogen and oxygen atoms in total. The number of amides is 1. The molecule has 0 spiro atoms. The minimum Gasteiger partial charge on any atom is -0.487 e. The van der Waals surface area contributed by atoms with Gasteiger partial charge in [-0.25, -0.2) is 4.39 Å². The van der Waals surface area contributed by atoms with Crippen molar-refractivity contribution < 1.29 is 18.7 Å². The summed E-state index contributed by atoms with van der Waals surface area (Å²) in [5.74, 6) is -0.0693. The lowest BCUT2D eigenvalue weighted by Crippen LogP contribution is -2.36. The molecule has 0 saturated heterocycles. The van der Waals surface area contributed by atoms with E-state index in [1.165, 1.54) is 30.4 Å². The van der Waals surface area contributed by atoms with E-state index in [4.69, 9.17) is 4.74 Å². The Morgan fingerprint density at radius 3 is 2.67 bits per heavy atom. The van der Waals surface area contributed by atoms with E-state index < -0.39 is 0 Å². The number of benzene rings is 2. The van der Waals surface area contributed by atoms with Gasteiger partial charge < -0.3 is 10.1 Å². The number of ketones is 1. The molecular weight excluding hydrogens is 401 g/mol. The van der Waals surface area contributed by atoms with Crippen LogP contribution < -0.4 is 10.1 Å². The number of rotatable bonds is 6. The van der Waals surface area contributed by atoms with Gasteiger partial charge in [-0.2, -0.15) is 0 Å². The lowest BCUT2D eigenvalue weighted by atomic mass is 10.0. The molecule has 1 N–H and O–H groups in total. The second-order valence-corrected chi connectivity index (χ2v) is 8.57. The average Bonchev–Trinajstić information content (AvgIpc) is 3.38. The third-order valence-electron chi connectivity index (χ3n) is 5.28. The maximum atomic E-state index is 14.2. The summed E-state index contributed by atoms with van der Waals surface area (Å²) >= 11 is 1.32.